The number of halogens is 1. The molecule has 10 heteroatoms. The molecule has 244 valence electrons. The van der Waals surface area contributed by atoms with E-state index in [1.807, 2.05) is 0 Å². The Morgan fingerprint density at radius 2 is 1.60 bits per heavy atom. The fourth-order valence-corrected chi connectivity index (χ4v) is 7.46. The highest BCUT2D eigenvalue weighted by molar-refractivity contribution is 6.31. The van der Waals surface area contributed by atoms with Gasteiger partial charge in [0.1, 0.15) is 18.8 Å². The first-order chi connectivity index (χ1) is 21.4. The monoisotopic (exact) mass is 642 g/mol. The van der Waals surface area contributed by atoms with Gasteiger partial charge in [-0.05, 0) is 85.1 Å². The van der Waals surface area contributed by atoms with Crippen molar-refractivity contribution in [1.29, 1.82) is 0 Å². The summed E-state index contributed by atoms with van der Waals surface area (Å²) in [5.41, 5.74) is 4.25. The minimum Gasteiger partial charge on any atom is -0.463 e. The van der Waals surface area contributed by atoms with Crippen molar-refractivity contribution >= 4 is 29.5 Å². The smallest absolute Gasteiger partial charge is 0.303 e. The molecule has 0 radical (unpaired) electrons. The molecule has 1 spiro atoms. The zero-order chi connectivity index (χ0) is 32.4. The first kappa shape index (κ1) is 33.4. The standard InChI is InChI=1S/C35H43ClO9/c1-21(37)42-20-30-32(43-22(2)38)31(40)33(44-23(3)39)35(41-4,45-30)28-10-11-29(36)27(19-28)18-24-6-8-25(9-7-24)26-12-16-34(17-13-26)14-5-15-34/h6-11,19,26,30-33,40H,5,12-18,20H2,1-4H3/t30-,31+,32-,33-,35?/m1/s1. The minimum atomic E-state index is -1.85. The Morgan fingerprint density at radius 3 is 2.16 bits per heavy atom. The number of aliphatic hydroxyl groups excluding tert-OH is 1. The molecule has 2 aromatic rings. The van der Waals surface area contributed by atoms with Crippen molar-refractivity contribution in [1.82, 2.24) is 0 Å². The fourth-order valence-electron chi connectivity index (χ4n) is 7.28. The van der Waals surface area contributed by atoms with Crippen LogP contribution in [0.2, 0.25) is 5.02 Å². The highest BCUT2D eigenvalue weighted by Crippen LogP contribution is 2.54. The molecule has 2 aliphatic carbocycles. The molecule has 0 aromatic heterocycles. The van der Waals surface area contributed by atoms with E-state index in [2.05, 4.69) is 24.3 Å². The molecular formula is C35H43ClO9. The van der Waals surface area contributed by atoms with E-state index >= 15 is 0 Å². The lowest BCUT2D eigenvalue weighted by atomic mass is 9.58. The van der Waals surface area contributed by atoms with E-state index in [0.29, 0.717) is 28.3 Å². The number of carbonyl (C=O) groups is 3. The van der Waals surface area contributed by atoms with Crippen molar-refractivity contribution in [3.63, 3.8) is 0 Å². The molecule has 0 bridgehead atoms. The van der Waals surface area contributed by atoms with E-state index < -0.39 is 48.1 Å². The molecule has 2 aromatic carbocycles. The third-order valence-electron chi connectivity index (χ3n) is 9.82. The lowest BCUT2D eigenvalue weighted by Crippen LogP contribution is -2.66. The molecule has 2 saturated carbocycles. The Morgan fingerprint density at radius 1 is 0.933 bits per heavy atom. The van der Waals surface area contributed by atoms with Crippen molar-refractivity contribution in [2.45, 2.75) is 108 Å². The van der Waals surface area contributed by atoms with Crippen LogP contribution < -0.4 is 0 Å². The topological polar surface area (TPSA) is 118 Å². The summed E-state index contributed by atoms with van der Waals surface area (Å²) in [6.07, 6.45) is 4.35. The first-order valence-corrected chi connectivity index (χ1v) is 16.1. The number of rotatable bonds is 9. The summed E-state index contributed by atoms with van der Waals surface area (Å²) >= 11 is 6.68. The van der Waals surface area contributed by atoms with Gasteiger partial charge in [0.05, 0.1) is 0 Å². The van der Waals surface area contributed by atoms with Crippen LogP contribution in [-0.4, -0.2) is 61.1 Å². The molecular weight excluding hydrogens is 600 g/mol. The minimum absolute atomic E-state index is 0.350. The van der Waals surface area contributed by atoms with Gasteiger partial charge in [-0.25, -0.2) is 0 Å². The van der Waals surface area contributed by atoms with Crippen LogP contribution in [0.4, 0.5) is 0 Å². The van der Waals surface area contributed by atoms with Gasteiger partial charge in [0.25, 0.3) is 0 Å². The van der Waals surface area contributed by atoms with Crippen LogP contribution in [0.15, 0.2) is 42.5 Å². The number of benzene rings is 2. The molecule has 45 heavy (non-hydrogen) atoms. The first-order valence-electron chi connectivity index (χ1n) is 15.7. The maximum Gasteiger partial charge on any atom is 0.303 e. The van der Waals surface area contributed by atoms with Crippen LogP contribution >= 0.6 is 11.6 Å². The average molecular weight is 643 g/mol. The number of aliphatic hydroxyl groups is 1. The van der Waals surface area contributed by atoms with Crippen LogP contribution in [0.1, 0.15) is 93.9 Å². The van der Waals surface area contributed by atoms with Crippen LogP contribution in [0, 0.1) is 5.41 Å². The van der Waals surface area contributed by atoms with Crippen molar-refractivity contribution in [3.8, 4) is 0 Å². The summed E-state index contributed by atoms with van der Waals surface area (Å²) in [6, 6.07) is 13.9. The number of hydrogen-bond donors (Lipinski definition) is 1. The van der Waals surface area contributed by atoms with Crippen molar-refractivity contribution in [3.05, 3.63) is 69.7 Å². The van der Waals surface area contributed by atoms with Gasteiger partial charge in [-0.3, -0.25) is 14.4 Å². The second-order valence-corrected chi connectivity index (χ2v) is 13.2. The number of esters is 3. The Labute approximate surface area is 269 Å². The van der Waals surface area contributed by atoms with E-state index in [-0.39, 0.29) is 6.61 Å². The Balaban J connectivity index is 1.41. The molecule has 1 aliphatic heterocycles. The van der Waals surface area contributed by atoms with E-state index in [9.17, 15) is 19.5 Å². The summed E-state index contributed by atoms with van der Waals surface area (Å²) in [4.78, 5) is 35.8. The van der Waals surface area contributed by atoms with Crippen LogP contribution in [-0.2, 0) is 50.3 Å². The number of ether oxygens (including phenoxy) is 5. The molecule has 0 amide bonds. The molecule has 1 heterocycles. The summed E-state index contributed by atoms with van der Waals surface area (Å²) in [6.45, 7) is 3.24. The van der Waals surface area contributed by atoms with Crippen LogP contribution in [0.3, 0.4) is 0 Å². The van der Waals surface area contributed by atoms with Gasteiger partial charge in [-0.1, -0.05) is 48.4 Å². The second kappa shape index (κ2) is 13.8. The lowest BCUT2D eigenvalue weighted by molar-refractivity contribution is -0.367. The van der Waals surface area contributed by atoms with Gasteiger partial charge < -0.3 is 28.8 Å². The SMILES string of the molecule is COC1(c2ccc(Cl)c(Cc3ccc(C4CCC5(CCC5)CC4)cc3)c2)O[C@H](COC(C)=O)[C@@H](OC(C)=O)[C@H](O)[C@H]1OC(C)=O. The largest absolute Gasteiger partial charge is 0.463 e. The number of hydrogen-bond acceptors (Lipinski definition) is 9. The van der Waals surface area contributed by atoms with Crippen molar-refractivity contribution in [2.75, 3.05) is 13.7 Å². The quantitative estimate of drug-likeness (QED) is 0.270. The molecule has 3 fully saturated rings. The van der Waals surface area contributed by atoms with E-state index in [4.69, 9.17) is 35.3 Å². The summed E-state index contributed by atoms with van der Waals surface area (Å²) < 4.78 is 28.4. The predicted octanol–water partition coefficient (Wildman–Crippen LogP) is 5.74. The van der Waals surface area contributed by atoms with Crippen LogP contribution in [0.5, 0.6) is 0 Å². The Hall–Kier alpha value is -2.98. The molecule has 3 aliphatic rings. The third-order valence-corrected chi connectivity index (χ3v) is 10.2. The molecule has 5 rings (SSSR count). The van der Waals surface area contributed by atoms with Gasteiger partial charge in [0.2, 0.25) is 5.79 Å². The van der Waals surface area contributed by atoms with E-state index in [1.165, 1.54) is 78.4 Å². The summed E-state index contributed by atoms with van der Waals surface area (Å²) in [5, 5.41) is 12.0. The van der Waals surface area contributed by atoms with Crippen molar-refractivity contribution < 1.29 is 43.2 Å². The zero-order valence-corrected chi connectivity index (χ0v) is 27.1. The summed E-state index contributed by atoms with van der Waals surface area (Å²) in [5.74, 6) is -3.26. The number of carbonyl (C=O) groups excluding carboxylic acids is 3. The van der Waals surface area contributed by atoms with E-state index in [0.717, 1.165) is 11.1 Å². The Bertz CT molecular complexity index is 1380. The predicted molar refractivity (Wildman–Crippen MR) is 166 cm³/mol. The van der Waals surface area contributed by atoms with Gasteiger partial charge in [0, 0.05) is 38.5 Å². The molecule has 1 N–H and O–H groups in total. The summed E-state index contributed by atoms with van der Waals surface area (Å²) in [7, 11) is 1.35. The maximum atomic E-state index is 12.2. The van der Waals surface area contributed by atoms with Gasteiger partial charge in [0.15, 0.2) is 12.2 Å². The van der Waals surface area contributed by atoms with Gasteiger partial charge >= 0.3 is 17.9 Å². The third kappa shape index (κ3) is 7.22. The molecule has 1 saturated heterocycles. The normalized spacial score (nSPS) is 27.8. The van der Waals surface area contributed by atoms with Crippen molar-refractivity contribution in [2.24, 2.45) is 5.41 Å². The van der Waals surface area contributed by atoms with Crippen LogP contribution in [0.25, 0.3) is 0 Å². The maximum absolute atomic E-state index is 12.2. The van der Waals surface area contributed by atoms with Gasteiger partial charge in [-0.2, -0.15) is 0 Å². The molecule has 9 nitrogen and oxygen atoms in total. The fraction of sp³-hybridized carbons (Fsp3) is 0.571. The Kier molecular flexibility index (Phi) is 10.2. The average Bonchev–Trinajstić information content (AvgIpc) is 2.99. The van der Waals surface area contributed by atoms with E-state index in [1.54, 1.807) is 18.2 Å². The van der Waals surface area contributed by atoms with Gasteiger partial charge in [-0.15, -0.1) is 0 Å². The highest BCUT2D eigenvalue weighted by atomic mass is 35.5. The zero-order valence-electron chi connectivity index (χ0n) is 26.4. The molecule has 5 atom stereocenters. The second-order valence-electron chi connectivity index (χ2n) is 12.8. The lowest BCUT2D eigenvalue weighted by Gasteiger charge is -2.49. The molecule has 1 unspecified atom stereocenters. The number of methoxy groups -OCH3 is 1. The highest BCUT2D eigenvalue weighted by Gasteiger charge is 2.59.